The standard InChI is InChI=1S/C8H17NO3S/c1-9(2)7-5-3-4-6-8-13(10,11)12/h3,5H,4,6-8H2,1-2H3,(H,10,11,12). The number of likely N-dealkylation sites (N-methyl/N-ethyl adjacent to an activating group) is 1. The molecule has 0 saturated carbocycles. The highest BCUT2D eigenvalue weighted by molar-refractivity contribution is 7.85. The predicted molar refractivity (Wildman–Crippen MR) is 53.3 cm³/mol. The molecule has 0 aromatic rings. The highest BCUT2D eigenvalue weighted by Crippen LogP contribution is 1.95. The molecule has 0 amide bonds. The molecule has 13 heavy (non-hydrogen) atoms. The monoisotopic (exact) mass is 207 g/mol. The summed E-state index contributed by atoms with van der Waals surface area (Å²) < 4.78 is 29.0. The number of unbranched alkanes of at least 4 members (excludes halogenated alkanes) is 1. The first-order valence-corrected chi connectivity index (χ1v) is 5.77. The Bertz CT molecular complexity index is 244. The Hall–Kier alpha value is -0.390. The van der Waals surface area contributed by atoms with Crippen LogP contribution in [-0.2, 0) is 10.1 Å². The Morgan fingerprint density at radius 2 is 1.92 bits per heavy atom. The zero-order chi connectivity index (χ0) is 10.3. The SMILES string of the molecule is CN(C)CC=CCCCS(=O)(=O)O. The van der Waals surface area contributed by atoms with Crippen LogP contribution in [0.15, 0.2) is 12.2 Å². The van der Waals surface area contributed by atoms with Crippen molar-refractivity contribution in [2.24, 2.45) is 0 Å². The molecule has 0 heterocycles. The van der Waals surface area contributed by atoms with Crippen molar-refractivity contribution in [3.05, 3.63) is 12.2 Å². The largest absolute Gasteiger partial charge is 0.306 e. The van der Waals surface area contributed by atoms with E-state index in [0.717, 1.165) is 6.54 Å². The topological polar surface area (TPSA) is 57.6 Å². The Balaban J connectivity index is 3.41. The van der Waals surface area contributed by atoms with Gasteiger partial charge in [-0.25, -0.2) is 0 Å². The maximum absolute atomic E-state index is 10.3. The van der Waals surface area contributed by atoms with Crippen LogP contribution >= 0.6 is 0 Å². The molecule has 0 aromatic carbocycles. The Kier molecular flexibility index (Phi) is 5.94. The van der Waals surface area contributed by atoms with Crippen molar-refractivity contribution in [2.75, 3.05) is 26.4 Å². The van der Waals surface area contributed by atoms with Crippen LogP contribution in [0.2, 0.25) is 0 Å². The second-order valence-electron chi connectivity index (χ2n) is 3.16. The molecular formula is C8H17NO3S. The lowest BCUT2D eigenvalue weighted by atomic mass is 10.3. The van der Waals surface area contributed by atoms with Gasteiger partial charge >= 0.3 is 0 Å². The Labute approximate surface area is 80.0 Å². The normalized spacial score (nSPS) is 12.9. The number of hydrogen-bond donors (Lipinski definition) is 1. The molecule has 0 spiro atoms. The van der Waals surface area contributed by atoms with Crippen molar-refractivity contribution in [2.45, 2.75) is 12.8 Å². The molecule has 0 aliphatic heterocycles. The summed E-state index contributed by atoms with van der Waals surface area (Å²) in [6, 6.07) is 0. The van der Waals surface area contributed by atoms with Crippen molar-refractivity contribution >= 4 is 10.1 Å². The van der Waals surface area contributed by atoms with Crippen LogP contribution in [0.5, 0.6) is 0 Å². The summed E-state index contributed by atoms with van der Waals surface area (Å²) in [5.41, 5.74) is 0. The summed E-state index contributed by atoms with van der Waals surface area (Å²) in [4.78, 5) is 2.01. The van der Waals surface area contributed by atoms with Crippen molar-refractivity contribution in [3.63, 3.8) is 0 Å². The van der Waals surface area contributed by atoms with E-state index in [1.165, 1.54) is 0 Å². The van der Waals surface area contributed by atoms with Gasteiger partial charge in [0.2, 0.25) is 0 Å². The zero-order valence-electron chi connectivity index (χ0n) is 8.10. The molecule has 78 valence electrons. The van der Waals surface area contributed by atoms with E-state index in [2.05, 4.69) is 0 Å². The van der Waals surface area contributed by atoms with Crippen LogP contribution in [0.1, 0.15) is 12.8 Å². The van der Waals surface area contributed by atoms with Gasteiger partial charge in [-0.1, -0.05) is 12.2 Å². The van der Waals surface area contributed by atoms with Gasteiger partial charge < -0.3 is 4.90 Å². The molecule has 1 N–H and O–H groups in total. The van der Waals surface area contributed by atoms with Crippen LogP contribution in [0.3, 0.4) is 0 Å². The van der Waals surface area contributed by atoms with Crippen LogP contribution in [0.25, 0.3) is 0 Å². The van der Waals surface area contributed by atoms with Crippen molar-refractivity contribution < 1.29 is 13.0 Å². The van der Waals surface area contributed by atoms with Gasteiger partial charge in [0.15, 0.2) is 0 Å². The lowest BCUT2D eigenvalue weighted by Gasteiger charge is -2.03. The maximum atomic E-state index is 10.3. The van der Waals surface area contributed by atoms with E-state index >= 15 is 0 Å². The molecular weight excluding hydrogens is 190 g/mol. The first-order chi connectivity index (χ1) is 5.92. The molecule has 5 heteroatoms. The van der Waals surface area contributed by atoms with Crippen molar-refractivity contribution in [1.82, 2.24) is 4.90 Å². The van der Waals surface area contributed by atoms with Gasteiger partial charge in [0.1, 0.15) is 0 Å². The first kappa shape index (κ1) is 12.6. The summed E-state index contributed by atoms with van der Waals surface area (Å²) in [5, 5.41) is 0. The summed E-state index contributed by atoms with van der Waals surface area (Å²) in [6.07, 6.45) is 5.06. The van der Waals surface area contributed by atoms with Gasteiger partial charge in [0.25, 0.3) is 10.1 Å². The van der Waals surface area contributed by atoms with E-state index in [-0.39, 0.29) is 5.75 Å². The van der Waals surface area contributed by atoms with Crippen molar-refractivity contribution in [1.29, 1.82) is 0 Å². The minimum absolute atomic E-state index is 0.153. The number of hydrogen-bond acceptors (Lipinski definition) is 3. The third-order valence-electron chi connectivity index (χ3n) is 1.41. The van der Waals surface area contributed by atoms with Crippen LogP contribution in [0.4, 0.5) is 0 Å². The second kappa shape index (κ2) is 6.12. The zero-order valence-corrected chi connectivity index (χ0v) is 8.92. The first-order valence-electron chi connectivity index (χ1n) is 4.17. The van der Waals surface area contributed by atoms with Gasteiger partial charge in [-0.2, -0.15) is 8.42 Å². The molecule has 4 nitrogen and oxygen atoms in total. The fourth-order valence-electron chi connectivity index (χ4n) is 0.787. The second-order valence-corrected chi connectivity index (χ2v) is 4.73. The highest BCUT2D eigenvalue weighted by Gasteiger charge is 2.01. The molecule has 0 saturated heterocycles. The molecule has 0 bridgehead atoms. The van der Waals surface area contributed by atoms with Crippen LogP contribution in [-0.4, -0.2) is 44.3 Å². The molecule has 0 radical (unpaired) electrons. The lowest BCUT2D eigenvalue weighted by Crippen LogP contribution is -2.10. The van der Waals surface area contributed by atoms with Crippen molar-refractivity contribution in [3.8, 4) is 0 Å². The molecule has 0 aliphatic rings. The molecule has 0 rings (SSSR count). The van der Waals surface area contributed by atoms with E-state index < -0.39 is 10.1 Å². The smallest absolute Gasteiger partial charge is 0.264 e. The van der Waals surface area contributed by atoms with E-state index in [4.69, 9.17) is 4.55 Å². The van der Waals surface area contributed by atoms with Gasteiger partial charge in [0, 0.05) is 6.54 Å². The lowest BCUT2D eigenvalue weighted by molar-refractivity contribution is 0.456. The molecule has 0 unspecified atom stereocenters. The van der Waals surface area contributed by atoms with Gasteiger partial charge in [0.05, 0.1) is 5.75 Å². The van der Waals surface area contributed by atoms with E-state index in [9.17, 15) is 8.42 Å². The van der Waals surface area contributed by atoms with E-state index in [1.54, 1.807) is 0 Å². The summed E-state index contributed by atoms with van der Waals surface area (Å²) in [7, 11) is 0.150. The van der Waals surface area contributed by atoms with Gasteiger partial charge in [-0.3, -0.25) is 4.55 Å². The Morgan fingerprint density at radius 1 is 1.31 bits per heavy atom. The van der Waals surface area contributed by atoms with Gasteiger partial charge in [-0.05, 0) is 26.9 Å². The molecule has 0 aromatic heterocycles. The number of allylic oxidation sites excluding steroid dienone is 1. The summed E-state index contributed by atoms with van der Waals surface area (Å²) in [6.45, 7) is 0.853. The average Bonchev–Trinajstić information content (AvgIpc) is 1.93. The van der Waals surface area contributed by atoms with Crippen LogP contribution in [0, 0.1) is 0 Å². The Morgan fingerprint density at radius 3 is 2.38 bits per heavy atom. The summed E-state index contributed by atoms with van der Waals surface area (Å²) in [5.74, 6) is -0.153. The molecule has 0 atom stereocenters. The number of rotatable bonds is 6. The quantitative estimate of drug-likeness (QED) is 0.397. The predicted octanol–water partition coefficient (Wildman–Crippen LogP) is 0.772. The van der Waals surface area contributed by atoms with Gasteiger partial charge in [-0.15, -0.1) is 0 Å². The fraction of sp³-hybridized carbons (Fsp3) is 0.750. The molecule has 0 fully saturated rings. The minimum Gasteiger partial charge on any atom is -0.306 e. The van der Waals surface area contributed by atoms with E-state index in [0.29, 0.717) is 12.8 Å². The third-order valence-corrected chi connectivity index (χ3v) is 2.21. The van der Waals surface area contributed by atoms with E-state index in [1.807, 2.05) is 31.1 Å². The third kappa shape index (κ3) is 11.6. The summed E-state index contributed by atoms with van der Waals surface area (Å²) >= 11 is 0. The fourth-order valence-corrected chi connectivity index (χ4v) is 1.32. The van der Waals surface area contributed by atoms with Crippen LogP contribution < -0.4 is 0 Å². The average molecular weight is 207 g/mol. The maximum Gasteiger partial charge on any atom is 0.264 e. The highest BCUT2D eigenvalue weighted by atomic mass is 32.2. The molecule has 0 aliphatic carbocycles. The minimum atomic E-state index is -3.77. The number of nitrogens with zero attached hydrogens (tertiary/aromatic N) is 1.